The van der Waals surface area contributed by atoms with Crippen LogP contribution in [0.4, 0.5) is 0 Å². The van der Waals surface area contributed by atoms with Gasteiger partial charge in [-0.15, -0.1) is 0 Å². The summed E-state index contributed by atoms with van der Waals surface area (Å²) < 4.78 is 36.3. The Morgan fingerprint density at radius 2 is 1.15 bits per heavy atom. The summed E-state index contributed by atoms with van der Waals surface area (Å²) in [6.45, 7) is 13.3. The smallest absolute Gasteiger partial charge is 0.243 e. The van der Waals surface area contributed by atoms with Crippen molar-refractivity contribution in [1.29, 1.82) is 0 Å². The molecule has 3 N–H and O–H groups in total. The van der Waals surface area contributed by atoms with Crippen LogP contribution in [0.5, 0.6) is 34.8 Å². The topological polar surface area (TPSA) is 186 Å². The first-order chi connectivity index (χ1) is 29.3. The van der Waals surface area contributed by atoms with Crippen molar-refractivity contribution in [2.75, 3.05) is 41.5 Å². The zero-order valence-electron chi connectivity index (χ0n) is 36.3. The number of nitrogens with zero attached hydrogens (tertiary/aromatic N) is 5. The molecule has 8 rings (SSSR count). The highest BCUT2D eigenvalue weighted by atomic mass is 16.5. The van der Waals surface area contributed by atoms with Gasteiger partial charge in [0.1, 0.15) is 29.4 Å². The second kappa shape index (κ2) is 18.0. The number of pyridine rings is 2. The van der Waals surface area contributed by atoms with Crippen molar-refractivity contribution in [2.45, 2.75) is 72.6 Å². The number of methoxy groups -OCH3 is 4. The molecule has 322 valence electrons. The molecule has 0 radical (unpaired) electrons. The lowest BCUT2D eigenvalue weighted by Gasteiger charge is -2.21. The number of ether oxygens (including phenoxy) is 6. The van der Waals surface area contributed by atoms with Crippen LogP contribution in [0.15, 0.2) is 48.5 Å². The standard InChI is InChI=1S/C24H30N4O4.C21H24N4O4/c1-13(2)28-15(4)26-19-11-18(16-7-8-20(30-5)21(9-16)31-6)27-24(23(19)28)32-14(3)17-10-22(29)25-12-17;1-11(14-8-19(26)22-10-14)29-21-20-16(23-12(2)24-20)9-15(25-21)13-5-6-17(27-3)18(7-13)28-4/h7-9,11,13-14,17H,10,12H2,1-6H3,(H,25,29);5-7,9,11,14H,8,10H2,1-4H3,(H,22,26)(H,23,24)/t14-,17-;11-,14-/m11/s1. The zero-order valence-corrected chi connectivity index (χ0v) is 36.3. The summed E-state index contributed by atoms with van der Waals surface area (Å²) in [4.78, 5) is 45.5. The molecular weight excluding hydrogens is 781 g/mol. The van der Waals surface area contributed by atoms with Crippen molar-refractivity contribution in [3.05, 3.63) is 60.2 Å². The van der Waals surface area contributed by atoms with E-state index in [-0.39, 0.29) is 41.9 Å². The normalized spacial score (nSPS) is 17.1. The molecule has 6 aromatic rings. The molecule has 2 aromatic carbocycles. The number of carbonyl (C=O) groups is 2. The predicted octanol–water partition coefficient (Wildman–Crippen LogP) is 6.76. The van der Waals surface area contributed by atoms with E-state index in [1.54, 1.807) is 28.4 Å². The minimum absolute atomic E-state index is 0.0539. The van der Waals surface area contributed by atoms with Crippen LogP contribution in [0.1, 0.15) is 58.2 Å². The number of amides is 2. The number of aryl methyl sites for hydroxylation is 2. The van der Waals surface area contributed by atoms with Gasteiger partial charge in [0, 0.05) is 54.9 Å². The first-order valence-electron chi connectivity index (χ1n) is 20.4. The van der Waals surface area contributed by atoms with E-state index in [1.807, 2.05) is 76.2 Å². The van der Waals surface area contributed by atoms with Gasteiger partial charge >= 0.3 is 0 Å². The van der Waals surface area contributed by atoms with Gasteiger partial charge in [0.05, 0.1) is 50.9 Å². The maximum Gasteiger partial charge on any atom is 0.243 e. The molecule has 0 bridgehead atoms. The molecule has 0 saturated carbocycles. The quantitative estimate of drug-likeness (QED) is 0.111. The van der Waals surface area contributed by atoms with Crippen molar-refractivity contribution in [3.8, 4) is 57.3 Å². The Labute approximate surface area is 354 Å². The van der Waals surface area contributed by atoms with E-state index in [9.17, 15) is 9.59 Å². The molecule has 2 saturated heterocycles. The number of nitrogens with one attached hydrogen (secondary N) is 3. The van der Waals surface area contributed by atoms with Gasteiger partial charge in [-0.25, -0.2) is 19.9 Å². The van der Waals surface area contributed by atoms with E-state index >= 15 is 0 Å². The summed E-state index contributed by atoms with van der Waals surface area (Å²) >= 11 is 0. The number of carbonyl (C=O) groups excluding carboxylic acids is 2. The lowest BCUT2D eigenvalue weighted by atomic mass is 10.0. The van der Waals surface area contributed by atoms with Crippen molar-refractivity contribution < 1.29 is 38.0 Å². The molecule has 2 fully saturated rings. The minimum atomic E-state index is -0.180. The van der Waals surface area contributed by atoms with Gasteiger partial charge < -0.3 is 48.6 Å². The van der Waals surface area contributed by atoms with Gasteiger partial charge in [-0.1, -0.05) is 0 Å². The lowest BCUT2D eigenvalue weighted by molar-refractivity contribution is -0.120. The third-order valence-electron chi connectivity index (χ3n) is 11.2. The van der Waals surface area contributed by atoms with Crippen LogP contribution in [0.3, 0.4) is 0 Å². The highest BCUT2D eigenvalue weighted by Crippen LogP contribution is 2.38. The van der Waals surface area contributed by atoms with Crippen LogP contribution in [0.2, 0.25) is 0 Å². The van der Waals surface area contributed by atoms with Crippen LogP contribution in [-0.2, 0) is 9.59 Å². The lowest BCUT2D eigenvalue weighted by Crippen LogP contribution is -2.26. The molecule has 0 aliphatic carbocycles. The van der Waals surface area contributed by atoms with Crippen LogP contribution in [-0.4, -0.2) is 95.0 Å². The van der Waals surface area contributed by atoms with Gasteiger partial charge in [-0.05, 0) is 90.1 Å². The Bertz CT molecular complexity index is 2570. The monoisotopic (exact) mass is 834 g/mol. The molecular formula is C45H54N8O8. The SMILES string of the molecule is COc1ccc(-c2cc3[nH]c(C)nc3c(O[C@H](C)[C@H]3CNC(=O)C3)n2)cc1OC.COc1ccc(-c2cc3nc(C)n(C(C)C)c3c(O[C@H](C)[C@H]3CNC(=O)C3)n2)cc1OC. The number of hydrogen-bond donors (Lipinski definition) is 3. The van der Waals surface area contributed by atoms with Gasteiger partial charge in [0.25, 0.3) is 0 Å². The van der Waals surface area contributed by atoms with E-state index in [1.165, 1.54) is 0 Å². The number of fused-ring (bicyclic) bond motifs is 2. The molecule has 2 amide bonds. The molecule has 4 atom stereocenters. The van der Waals surface area contributed by atoms with E-state index in [4.69, 9.17) is 43.4 Å². The Hall–Kier alpha value is -6.58. The summed E-state index contributed by atoms with van der Waals surface area (Å²) in [5.74, 6) is 5.52. The zero-order chi connectivity index (χ0) is 43.5. The third-order valence-corrected chi connectivity index (χ3v) is 11.2. The Morgan fingerprint density at radius 3 is 1.64 bits per heavy atom. The van der Waals surface area contributed by atoms with Crippen molar-refractivity contribution in [3.63, 3.8) is 0 Å². The first kappa shape index (κ1) is 42.5. The molecule has 4 aromatic heterocycles. The molecule has 0 spiro atoms. The Morgan fingerprint density at radius 1 is 0.639 bits per heavy atom. The molecule has 16 heteroatoms. The molecule has 2 aliphatic rings. The number of aromatic amines is 1. The molecule has 61 heavy (non-hydrogen) atoms. The summed E-state index contributed by atoms with van der Waals surface area (Å²) in [6.07, 6.45) is 0.560. The highest BCUT2D eigenvalue weighted by Gasteiger charge is 2.31. The largest absolute Gasteiger partial charge is 0.493 e. The number of benzene rings is 2. The second-order valence-corrected chi connectivity index (χ2v) is 15.7. The minimum Gasteiger partial charge on any atom is -0.493 e. The van der Waals surface area contributed by atoms with Gasteiger partial charge in [-0.3, -0.25) is 9.59 Å². The van der Waals surface area contributed by atoms with Crippen LogP contribution in [0, 0.1) is 25.7 Å². The van der Waals surface area contributed by atoms with E-state index < -0.39 is 0 Å². The number of H-pyrrole nitrogens is 1. The average Bonchev–Trinajstić information content (AvgIpc) is 4.05. The summed E-state index contributed by atoms with van der Waals surface area (Å²) in [5.41, 5.74) is 6.40. The fraction of sp³-hybridized carbons (Fsp3) is 0.422. The summed E-state index contributed by atoms with van der Waals surface area (Å²) in [5, 5.41) is 5.74. The van der Waals surface area contributed by atoms with Crippen LogP contribution >= 0.6 is 0 Å². The number of aromatic nitrogens is 6. The van der Waals surface area contributed by atoms with Crippen molar-refractivity contribution >= 4 is 33.9 Å². The molecule has 0 unspecified atom stereocenters. The fourth-order valence-electron chi connectivity index (χ4n) is 7.86. The van der Waals surface area contributed by atoms with Crippen molar-refractivity contribution in [2.24, 2.45) is 11.8 Å². The first-order valence-corrected chi connectivity index (χ1v) is 20.4. The maximum atomic E-state index is 11.7. The number of imidazole rings is 2. The van der Waals surface area contributed by atoms with Crippen molar-refractivity contribution in [1.82, 2.24) is 40.1 Å². The maximum absolute atomic E-state index is 11.7. The van der Waals surface area contributed by atoms with Gasteiger partial charge in [0.2, 0.25) is 23.6 Å². The summed E-state index contributed by atoms with van der Waals surface area (Å²) in [7, 11) is 6.42. The van der Waals surface area contributed by atoms with E-state index in [0.717, 1.165) is 50.7 Å². The van der Waals surface area contributed by atoms with Crippen LogP contribution < -0.4 is 39.1 Å². The molecule has 2 aliphatic heterocycles. The number of hydrogen-bond acceptors (Lipinski definition) is 12. The Kier molecular flexibility index (Phi) is 12.5. The van der Waals surface area contributed by atoms with Gasteiger partial charge in [-0.2, -0.15) is 0 Å². The molecule has 16 nitrogen and oxygen atoms in total. The van der Waals surface area contributed by atoms with Gasteiger partial charge in [0.15, 0.2) is 28.5 Å². The summed E-state index contributed by atoms with van der Waals surface area (Å²) in [6, 6.07) is 15.4. The predicted molar refractivity (Wildman–Crippen MR) is 231 cm³/mol. The van der Waals surface area contributed by atoms with E-state index in [2.05, 4.69) is 39.0 Å². The number of rotatable bonds is 13. The highest BCUT2D eigenvalue weighted by molar-refractivity contribution is 5.86. The average molecular weight is 835 g/mol. The molecule has 6 heterocycles. The Balaban J connectivity index is 0.000000185. The van der Waals surface area contributed by atoms with Crippen LogP contribution in [0.25, 0.3) is 44.6 Å². The third kappa shape index (κ3) is 8.98. The fourth-order valence-corrected chi connectivity index (χ4v) is 7.86. The second-order valence-electron chi connectivity index (χ2n) is 15.7. The van der Waals surface area contributed by atoms with E-state index in [0.29, 0.717) is 66.2 Å².